The Kier molecular flexibility index (Phi) is 4.61. The molecule has 0 radical (unpaired) electrons. The fourth-order valence-corrected chi connectivity index (χ4v) is 2.75. The van der Waals surface area contributed by atoms with E-state index < -0.39 is 17.9 Å². The zero-order valence-corrected chi connectivity index (χ0v) is 13.3. The number of anilines is 1. The molecule has 1 amide bonds. The normalized spacial score (nSPS) is 17.5. The van der Waals surface area contributed by atoms with Crippen LogP contribution in [-0.2, 0) is 4.74 Å². The predicted molar refractivity (Wildman–Crippen MR) is 86.9 cm³/mol. The summed E-state index contributed by atoms with van der Waals surface area (Å²) >= 11 is 0. The van der Waals surface area contributed by atoms with Gasteiger partial charge in [0.2, 0.25) is 0 Å². The van der Waals surface area contributed by atoms with Crippen molar-refractivity contribution < 1.29 is 19.7 Å². The Balaban J connectivity index is 2.03. The maximum Gasteiger partial charge on any atom is 0.283 e. The molecular formula is C17H19N3O4. The van der Waals surface area contributed by atoms with Gasteiger partial charge in [0.15, 0.2) is 17.2 Å². The van der Waals surface area contributed by atoms with Crippen molar-refractivity contribution in [3.8, 4) is 11.5 Å². The molecule has 1 saturated heterocycles. The van der Waals surface area contributed by atoms with Crippen molar-refractivity contribution in [1.29, 1.82) is 0 Å². The molecule has 0 aromatic carbocycles. The molecule has 126 valence electrons. The van der Waals surface area contributed by atoms with Gasteiger partial charge in [-0.05, 0) is 38.3 Å². The predicted octanol–water partition coefficient (Wildman–Crippen LogP) is 2.37. The van der Waals surface area contributed by atoms with Crippen molar-refractivity contribution in [2.75, 3.05) is 11.5 Å². The van der Waals surface area contributed by atoms with Gasteiger partial charge in [0.1, 0.15) is 6.23 Å². The van der Waals surface area contributed by atoms with Crippen LogP contribution in [0.3, 0.4) is 0 Å². The molecule has 7 nitrogen and oxygen atoms in total. The first-order valence-electron chi connectivity index (χ1n) is 7.82. The molecule has 3 rings (SSSR count). The summed E-state index contributed by atoms with van der Waals surface area (Å²) in [6, 6.07) is 4.77. The third kappa shape index (κ3) is 3.16. The van der Waals surface area contributed by atoms with Crippen LogP contribution in [0, 0.1) is 6.92 Å². The highest BCUT2D eigenvalue weighted by atomic mass is 16.5. The van der Waals surface area contributed by atoms with Crippen molar-refractivity contribution in [3.05, 3.63) is 42.0 Å². The number of hydrogen-bond donors (Lipinski definition) is 2. The molecule has 3 heterocycles. The van der Waals surface area contributed by atoms with Gasteiger partial charge in [-0.15, -0.1) is 0 Å². The minimum absolute atomic E-state index is 0.203. The molecule has 0 saturated carbocycles. The largest absolute Gasteiger partial charge is 0.504 e. The van der Waals surface area contributed by atoms with Gasteiger partial charge in [-0.3, -0.25) is 14.7 Å². The van der Waals surface area contributed by atoms with E-state index in [2.05, 4.69) is 9.97 Å². The van der Waals surface area contributed by atoms with Crippen molar-refractivity contribution >= 4 is 11.6 Å². The molecule has 1 fully saturated rings. The molecule has 1 unspecified atom stereocenters. The summed E-state index contributed by atoms with van der Waals surface area (Å²) in [6.07, 6.45) is 5.27. The molecule has 2 N–H and O–H groups in total. The molecule has 1 aliphatic heterocycles. The number of carbonyl (C=O) groups excluding carboxylic acids is 1. The van der Waals surface area contributed by atoms with E-state index in [0.717, 1.165) is 12.8 Å². The number of aromatic nitrogens is 2. The van der Waals surface area contributed by atoms with Crippen LogP contribution in [0.1, 0.15) is 35.4 Å². The summed E-state index contributed by atoms with van der Waals surface area (Å²) in [4.78, 5) is 22.6. The highest BCUT2D eigenvalue weighted by Gasteiger charge is 2.32. The minimum atomic E-state index is -0.536. The summed E-state index contributed by atoms with van der Waals surface area (Å²) in [5.74, 6) is -1.44. The Hall–Kier alpha value is -2.67. The summed E-state index contributed by atoms with van der Waals surface area (Å²) in [7, 11) is 0. The second kappa shape index (κ2) is 6.84. The van der Waals surface area contributed by atoms with E-state index >= 15 is 0 Å². The molecule has 24 heavy (non-hydrogen) atoms. The zero-order chi connectivity index (χ0) is 17.1. The van der Waals surface area contributed by atoms with E-state index in [1.807, 2.05) is 0 Å². The summed E-state index contributed by atoms with van der Waals surface area (Å²) in [6.45, 7) is 2.20. The number of pyridine rings is 2. The van der Waals surface area contributed by atoms with E-state index in [-0.39, 0.29) is 11.4 Å². The van der Waals surface area contributed by atoms with Crippen LogP contribution < -0.4 is 4.90 Å². The SMILES string of the molecule is Cc1cc(O)c(O)c(C(=O)N(c2cccnc2)C2CCCCO2)n1. The number of ether oxygens (including phenoxy) is 1. The Morgan fingerprint density at radius 3 is 2.88 bits per heavy atom. The number of aryl methyl sites for hydroxylation is 1. The standard InChI is InChI=1S/C17H19N3O4/c1-11-9-13(21)16(22)15(19-11)17(23)20(12-5-4-7-18-10-12)14-6-2-3-8-24-14/h4-5,7,9-10,14,22H,2-3,6,8H2,1H3,(H,19,21). The second-order valence-electron chi connectivity index (χ2n) is 5.69. The van der Waals surface area contributed by atoms with Gasteiger partial charge >= 0.3 is 0 Å². The van der Waals surface area contributed by atoms with E-state index in [4.69, 9.17) is 4.74 Å². The maximum absolute atomic E-state index is 13.1. The van der Waals surface area contributed by atoms with Crippen LogP contribution in [0.5, 0.6) is 11.5 Å². The van der Waals surface area contributed by atoms with Crippen molar-refractivity contribution in [2.24, 2.45) is 0 Å². The van der Waals surface area contributed by atoms with Gasteiger partial charge < -0.3 is 14.9 Å². The van der Waals surface area contributed by atoms with Crippen LogP contribution in [-0.4, -0.2) is 38.9 Å². The van der Waals surface area contributed by atoms with Gasteiger partial charge in [-0.25, -0.2) is 4.98 Å². The lowest BCUT2D eigenvalue weighted by molar-refractivity contribution is 0.0142. The highest BCUT2D eigenvalue weighted by Crippen LogP contribution is 2.32. The Morgan fingerprint density at radius 2 is 2.21 bits per heavy atom. The van der Waals surface area contributed by atoms with E-state index in [1.165, 1.54) is 11.0 Å². The maximum atomic E-state index is 13.1. The third-order valence-corrected chi connectivity index (χ3v) is 3.89. The molecule has 2 aromatic heterocycles. The third-order valence-electron chi connectivity index (χ3n) is 3.89. The molecule has 1 aliphatic rings. The van der Waals surface area contributed by atoms with E-state index in [1.54, 1.807) is 31.5 Å². The van der Waals surface area contributed by atoms with Crippen molar-refractivity contribution in [1.82, 2.24) is 9.97 Å². The molecule has 1 atom stereocenters. The number of amides is 1. The van der Waals surface area contributed by atoms with Crippen LogP contribution >= 0.6 is 0 Å². The summed E-state index contributed by atoms with van der Waals surface area (Å²) < 4.78 is 5.74. The second-order valence-corrected chi connectivity index (χ2v) is 5.69. The van der Waals surface area contributed by atoms with Gasteiger partial charge in [0.05, 0.1) is 11.9 Å². The summed E-state index contributed by atoms with van der Waals surface area (Å²) in [5, 5.41) is 19.9. The van der Waals surface area contributed by atoms with Crippen LogP contribution in [0.2, 0.25) is 0 Å². The van der Waals surface area contributed by atoms with E-state index in [0.29, 0.717) is 24.4 Å². The number of rotatable bonds is 3. The lowest BCUT2D eigenvalue weighted by Gasteiger charge is -2.33. The van der Waals surface area contributed by atoms with Gasteiger partial charge in [-0.1, -0.05) is 0 Å². The van der Waals surface area contributed by atoms with Crippen LogP contribution in [0.15, 0.2) is 30.6 Å². The number of nitrogens with zero attached hydrogens (tertiary/aromatic N) is 3. The fourth-order valence-electron chi connectivity index (χ4n) is 2.75. The first-order chi connectivity index (χ1) is 11.6. The first-order valence-corrected chi connectivity index (χ1v) is 7.82. The monoisotopic (exact) mass is 329 g/mol. The highest BCUT2D eigenvalue weighted by molar-refractivity contribution is 6.07. The minimum Gasteiger partial charge on any atom is -0.504 e. The molecule has 0 spiro atoms. The summed E-state index contributed by atoms with van der Waals surface area (Å²) in [5.41, 5.74) is 0.784. The molecular weight excluding hydrogens is 310 g/mol. The quantitative estimate of drug-likeness (QED) is 0.897. The lowest BCUT2D eigenvalue weighted by Crippen LogP contribution is -2.44. The number of aromatic hydroxyl groups is 2. The van der Waals surface area contributed by atoms with Gasteiger partial charge in [0, 0.05) is 24.6 Å². The Morgan fingerprint density at radius 1 is 1.38 bits per heavy atom. The Labute approximate surface area is 139 Å². The first kappa shape index (κ1) is 16.2. The van der Waals surface area contributed by atoms with Crippen LogP contribution in [0.4, 0.5) is 5.69 Å². The molecule has 2 aromatic rings. The van der Waals surface area contributed by atoms with Crippen molar-refractivity contribution in [2.45, 2.75) is 32.4 Å². The average Bonchev–Trinajstić information content (AvgIpc) is 2.60. The van der Waals surface area contributed by atoms with Gasteiger partial charge in [-0.2, -0.15) is 0 Å². The fraction of sp³-hybridized carbons (Fsp3) is 0.353. The molecule has 0 aliphatic carbocycles. The topological polar surface area (TPSA) is 95.8 Å². The van der Waals surface area contributed by atoms with Gasteiger partial charge in [0.25, 0.3) is 5.91 Å². The lowest BCUT2D eigenvalue weighted by atomic mass is 10.1. The zero-order valence-electron chi connectivity index (χ0n) is 13.3. The molecule has 7 heteroatoms. The average molecular weight is 329 g/mol. The van der Waals surface area contributed by atoms with E-state index in [9.17, 15) is 15.0 Å². The van der Waals surface area contributed by atoms with Crippen LogP contribution in [0.25, 0.3) is 0 Å². The number of carbonyl (C=O) groups is 1. The number of hydrogen-bond acceptors (Lipinski definition) is 6. The molecule has 0 bridgehead atoms. The Bertz CT molecular complexity index is 730. The van der Waals surface area contributed by atoms with Crippen molar-refractivity contribution in [3.63, 3.8) is 0 Å². The smallest absolute Gasteiger partial charge is 0.283 e.